The summed E-state index contributed by atoms with van der Waals surface area (Å²) in [6, 6.07) is 7.59. The van der Waals surface area contributed by atoms with Gasteiger partial charge in [0, 0.05) is 30.6 Å². The molecule has 9 nitrogen and oxygen atoms in total. The van der Waals surface area contributed by atoms with E-state index in [2.05, 4.69) is 10.1 Å². The molecule has 1 atom stereocenters. The van der Waals surface area contributed by atoms with Crippen molar-refractivity contribution in [2.45, 2.75) is 33.1 Å². The van der Waals surface area contributed by atoms with Crippen molar-refractivity contribution in [3.8, 4) is 5.75 Å². The number of carbonyl (C=O) groups excluding carboxylic acids is 2. The third-order valence-electron chi connectivity index (χ3n) is 5.62. The third kappa shape index (κ3) is 5.40. The summed E-state index contributed by atoms with van der Waals surface area (Å²) in [5, 5.41) is 5.66. The average molecular weight is 471 g/mol. The smallest absolute Gasteiger partial charge is 0.273 e. The summed E-state index contributed by atoms with van der Waals surface area (Å²) in [7, 11) is 1.61. The molecule has 1 unspecified atom stereocenters. The van der Waals surface area contributed by atoms with Gasteiger partial charge in [-0.15, -0.1) is 11.3 Å². The number of aryl methyl sites for hydroxylation is 2. The molecule has 4 rings (SSSR count). The van der Waals surface area contributed by atoms with Crippen LogP contribution in [0, 0.1) is 13.8 Å². The quantitative estimate of drug-likeness (QED) is 0.524. The Labute approximate surface area is 195 Å². The van der Waals surface area contributed by atoms with Gasteiger partial charge in [0.1, 0.15) is 23.7 Å². The Morgan fingerprint density at radius 3 is 2.85 bits per heavy atom. The second-order valence-electron chi connectivity index (χ2n) is 7.92. The van der Waals surface area contributed by atoms with E-state index < -0.39 is 6.10 Å². The average Bonchev–Trinajstić information content (AvgIpc) is 3.42. The fraction of sp³-hybridized carbons (Fsp3) is 0.391. The SMILES string of the molecule is COc1cccc(CN2CC(OCc3c(C)noc3C)CN(C(=O)c3cscn3)CC2=O)c1. The van der Waals surface area contributed by atoms with Gasteiger partial charge in [-0.3, -0.25) is 9.59 Å². The number of benzene rings is 1. The molecule has 33 heavy (non-hydrogen) atoms. The van der Waals surface area contributed by atoms with Crippen LogP contribution in [0.15, 0.2) is 39.7 Å². The van der Waals surface area contributed by atoms with Crippen LogP contribution in [0.1, 0.15) is 33.1 Å². The highest BCUT2D eigenvalue weighted by atomic mass is 32.1. The predicted molar refractivity (Wildman–Crippen MR) is 121 cm³/mol. The molecule has 0 radical (unpaired) electrons. The number of nitrogens with zero attached hydrogens (tertiary/aromatic N) is 4. The molecule has 1 saturated heterocycles. The lowest BCUT2D eigenvalue weighted by Gasteiger charge is -2.25. The van der Waals surface area contributed by atoms with Crippen LogP contribution in [0.2, 0.25) is 0 Å². The molecule has 2 aromatic heterocycles. The van der Waals surface area contributed by atoms with Crippen LogP contribution in [-0.2, 0) is 22.7 Å². The number of hydrogen-bond donors (Lipinski definition) is 0. The molecule has 0 spiro atoms. The standard InChI is InChI=1S/C23H26N4O5S/c1-15-20(16(2)32-25-15)12-31-19-9-26(8-17-5-4-6-18(7-17)30-3)22(28)11-27(10-19)23(29)21-13-33-14-24-21/h4-7,13-14,19H,8-12H2,1-3H3. The van der Waals surface area contributed by atoms with Crippen LogP contribution in [0.3, 0.4) is 0 Å². The lowest BCUT2D eigenvalue weighted by atomic mass is 10.2. The van der Waals surface area contributed by atoms with Crippen molar-refractivity contribution in [1.29, 1.82) is 0 Å². The van der Waals surface area contributed by atoms with E-state index in [1.807, 2.05) is 38.1 Å². The van der Waals surface area contributed by atoms with E-state index in [0.29, 0.717) is 24.5 Å². The van der Waals surface area contributed by atoms with Gasteiger partial charge in [0.2, 0.25) is 5.91 Å². The highest BCUT2D eigenvalue weighted by Crippen LogP contribution is 2.20. The minimum Gasteiger partial charge on any atom is -0.497 e. The van der Waals surface area contributed by atoms with Gasteiger partial charge in [-0.05, 0) is 31.5 Å². The summed E-state index contributed by atoms with van der Waals surface area (Å²) in [5.41, 5.74) is 4.51. The summed E-state index contributed by atoms with van der Waals surface area (Å²) in [6.07, 6.45) is -0.390. The summed E-state index contributed by atoms with van der Waals surface area (Å²) < 4.78 is 16.7. The number of aromatic nitrogens is 2. The molecule has 1 fully saturated rings. The molecule has 0 saturated carbocycles. The zero-order valence-electron chi connectivity index (χ0n) is 18.8. The zero-order valence-corrected chi connectivity index (χ0v) is 19.6. The first-order valence-electron chi connectivity index (χ1n) is 10.6. The highest BCUT2D eigenvalue weighted by molar-refractivity contribution is 7.07. The molecule has 0 N–H and O–H groups in total. The van der Waals surface area contributed by atoms with Crippen molar-refractivity contribution in [3.05, 3.63) is 63.4 Å². The van der Waals surface area contributed by atoms with E-state index in [-0.39, 0.29) is 31.5 Å². The van der Waals surface area contributed by atoms with Crippen LogP contribution in [0.4, 0.5) is 0 Å². The van der Waals surface area contributed by atoms with E-state index >= 15 is 0 Å². The third-order valence-corrected chi connectivity index (χ3v) is 6.20. The van der Waals surface area contributed by atoms with Crippen molar-refractivity contribution in [2.24, 2.45) is 0 Å². The first-order chi connectivity index (χ1) is 15.9. The number of thiazole rings is 1. The van der Waals surface area contributed by atoms with E-state index in [1.165, 1.54) is 16.2 Å². The van der Waals surface area contributed by atoms with Crippen molar-refractivity contribution in [1.82, 2.24) is 19.9 Å². The number of hydrogen-bond acceptors (Lipinski definition) is 8. The van der Waals surface area contributed by atoms with Gasteiger partial charge in [-0.1, -0.05) is 17.3 Å². The largest absolute Gasteiger partial charge is 0.497 e. The van der Waals surface area contributed by atoms with Gasteiger partial charge in [-0.2, -0.15) is 0 Å². The maximum Gasteiger partial charge on any atom is 0.273 e. The summed E-state index contributed by atoms with van der Waals surface area (Å²) in [4.78, 5) is 33.5. The van der Waals surface area contributed by atoms with Crippen LogP contribution >= 0.6 is 11.3 Å². The van der Waals surface area contributed by atoms with E-state index in [1.54, 1.807) is 22.9 Å². The predicted octanol–water partition coefficient (Wildman–Crippen LogP) is 2.83. The zero-order chi connectivity index (χ0) is 23.4. The molecule has 0 aliphatic carbocycles. The summed E-state index contributed by atoms with van der Waals surface area (Å²) >= 11 is 1.34. The first kappa shape index (κ1) is 22.9. The molecule has 1 aromatic carbocycles. The molecule has 174 valence electrons. The molecule has 3 aromatic rings. The minimum absolute atomic E-state index is 0.0362. The van der Waals surface area contributed by atoms with Crippen molar-refractivity contribution in [2.75, 3.05) is 26.7 Å². The Morgan fingerprint density at radius 1 is 1.30 bits per heavy atom. The van der Waals surface area contributed by atoms with Gasteiger partial charge in [0.05, 0.1) is 31.0 Å². The first-order valence-corrected chi connectivity index (χ1v) is 11.5. The molecule has 1 aliphatic heterocycles. The van der Waals surface area contributed by atoms with Gasteiger partial charge >= 0.3 is 0 Å². The molecule has 0 bridgehead atoms. The van der Waals surface area contributed by atoms with Crippen LogP contribution in [-0.4, -0.2) is 64.6 Å². The van der Waals surface area contributed by atoms with Crippen LogP contribution in [0.25, 0.3) is 0 Å². The maximum absolute atomic E-state index is 13.1. The van der Waals surface area contributed by atoms with E-state index in [9.17, 15) is 9.59 Å². The van der Waals surface area contributed by atoms with Crippen molar-refractivity contribution < 1.29 is 23.6 Å². The Kier molecular flexibility index (Phi) is 7.05. The van der Waals surface area contributed by atoms with Crippen LogP contribution in [0.5, 0.6) is 5.75 Å². The van der Waals surface area contributed by atoms with Gasteiger partial charge in [0.25, 0.3) is 5.91 Å². The number of methoxy groups -OCH3 is 1. The van der Waals surface area contributed by atoms with Crippen molar-refractivity contribution in [3.63, 3.8) is 0 Å². The van der Waals surface area contributed by atoms with E-state index in [0.717, 1.165) is 22.6 Å². The maximum atomic E-state index is 13.1. The monoisotopic (exact) mass is 470 g/mol. The van der Waals surface area contributed by atoms with E-state index in [4.69, 9.17) is 14.0 Å². The number of rotatable bonds is 7. The van der Waals surface area contributed by atoms with Crippen LogP contribution < -0.4 is 4.74 Å². The Bertz CT molecular complexity index is 1090. The molecule has 2 amide bonds. The molecular weight excluding hydrogens is 444 g/mol. The number of carbonyl (C=O) groups is 2. The second-order valence-corrected chi connectivity index (χ2v) is 8.64. The van der Waals surface area contributed by atoms with Gasteiger partial charge in [-0.25, -0.2) is 4.98 Å². The van der Waals surface area contributed by atoms with Gasteiger partial charge < -0.3 is 23.8 Å². The summed E-state index contributed by atoms with van der Waals surface area (Å²) in [5.74, 6) is 0.991. The number of amides is 2. The van der Waals surface area contributed by atoms with Crippen molar-refractivity contribution >= 4 is 23.2 Å². The fourth-order valence-electron chi connectivity index (χ4n) is 3.77. The minimum atomic E-state index is -0.390. The second kappa shape index (κ2) is 10.1. The lowest BCUT2D eigenvalue weighted by Crippen LogP contribution is -2.39. The Morgan fingerprint density at radius 2 is 2.15 bits per heavy atom. The highest BCUT2D eigenvalue weighted by Gasteiger charge is 2.32. The normalized spacial score (nSPS) is 16.7. The Balaban J connectivity index is 1.55. The Hall–Kier alpha value is -3.24. The summed E-state index contributed by atoms with van der Waals surface area (Å²) in [6.45, 7) is 4.96. The topological polar surface area (TPSA) is 98.0 Å². The number of ether oxygens (including phenoxy) is 2. The molecule has 3 heterocycles. The van der Waals surface area contributed by atoms with Gasteiger partial charge in [0.15, 0.2) is 0 Å². The molecular formula is C23H26N4O5S. The lowest BCUT2D eigenvalue weighted by molar-refractivity contribution is -0.132. The molecule has 10 heteroatoms. The fourth-order valence-corrected chi connectivity index (χ4v) is 4.30. The molecule has 1 aliphatic rings.